The number of carboxylic acids is 1. The van der Waals surface area contributed by atoms with Crippen molar-refractivity contribution in [2.24, 2.45) is 0 Å². The first-order chi connectivity index (χ1) is 11.6. The lowest BCUT2D eigenvalue weighted by molar-refractivity contribution is 0.0697. The van der Waals surface area contributed by atoms with Crippen LogP contribution in [-0.2, 0) is 0 Å². The monoisotopic (exact) mass is 316 g/mol. The Balaban J connectivity index is 1.75. The summed E-state index contributed by atoms with van der Waals surface area (Å²) in [6.45, 7) is 0. The van der Waals surface area contributed by atoms with Gasteiger partial charge in [-0.15, -0.1) is 0 Å². The summed E-state index contributed by atoms with van der Waals surface area (Å²) in [6.07, 6.45) is 3.99. The number of benzene rings is 3. The Morgan fingerprint density at radius 1 is 0.667 bits per heavy atom. The Morgan fingerprint density at radius 2 is 1.08 bits per heavy atom. The Kier molecular flexibility index (Phi) is 4.43. The summed E-state index contributed by atoms with van der Waals surface area (Å²) in [5, 5.41) is 18.2. The first-order valence-electron chi connectivity index (χ1n) is 7.53. The number of aromatic hydroxyl groups is 1. The highest BCUT2D eigenvalue weighted by atomic mass is 16.4. The van der Waals surface area contributed by atoms with Crippen LogP contribution >= 0.6 is 0 Å². The molecule has 0 bridgehead atoms. The molecule has 0 aliphatic heterocycles. The summed E-state index contributed by atoms with van der Waals surface area (Å²) in [5.74, 6) is -0.665. The highest BCUT2D eigenvalue weighted by Crippen LogP contribution is 2.21. The first kappa shape index (κ1) is 15.6. The SMILES string of the molecule is O=C(O)c1ccc(-c2ccc(C=Cc3ccc(O)cc3)cc2)cc1. The molecule has 118 valence electrons. The fourth-order valence-electron chi connectivity index (χ4n) is 2.37. The van der Waals surface area contributed by atoms with Gasteiger partial charge in [-0.25, -0.2) is 4.79 Å². The topological polar surface area (TPSA) is 57.5 Å². The van der Waals surface area contributed by atoms with Crippen LogP contribution in [0.25, 0.3) is 23.3 Å². The van der Waals surface area contributed by atoms with Gasteiger partial charge >= 0.3 is 5.97 Å². The number of carboxylic acid groups (broad SMARTS) is 1. The van der Waals surface area contributed by atoms with E-state index in [1.54, 1.807) is 24.3 Å². The van der Waals surface area contributed by atoms with Crippen LogP contribution in [0.3, 0.4) is 0 Å². The third-order valence-corrected chi connectivity index (χ3v) is 3.74. The second-order valence-electron chi connectivity index (χ2n) is 5.43. The van der Waals surface area contributed by atoms with Gasteiger partial charge in [-0.05, 0) is 46.5 Å². The maximum atomic E-state index is 10.9. The molecule has 0 heterocycles. The van der Waals surface area contributed by atoms with Crippen molar-refractivity contribution in [2.45, 2.75) is 0 Å². The van der Waals surface area contributed by atoms with E-state index in [2.05, 4.69) is 0 Å². The van der Waals surface area contributed by atoms with E-state index in [0.717, 1.165) is 22.3 Å². The van der Waals surface area contributed by atoms with Crippen LogP contribution in [0.1, 0.15) is 21.5 Å². The normalized spacial score (nSPS) is 10.8. The zero-order valence-electron chi connectivity index (χ0n) is 12.9. The second kappa shape index (κ2) is 6.84. The van der Waals surface area contributed by atoms with Crippen LogP contribution in [-0.4, -0.2) is 16.2 Å². The van der Waals surface area contributed by atoms with E-state index in [9.17, 15) is 9.90 Å². The van der Waals surface area contributed by atoms with Crippen LogP contribution in [0.2, 0.25) is 0 Å². The van der Waals surface area contributed by atoms with Gasteiger partial charge in [0.1, 0.15) is 5.75 Å². The van der Waals surface area contributed by atoms with Crippen LogP contribution in [0.15, 0.2) is 72.8 Å². The molecule has 3 heteroatoms. The van der Waals surface area contributed by atoms with Crippen molar-refractivity contribution in [3.8, 4) is 16.9 Å². The zero-order chi connectivity index (χ0) is 16.9. The Labute approximate surface area is 140 Å². The summed E-state index contributed by atoms with van der Waals surface area (Å²) < 4.78 is 0. The van der Waals surface area contributed by atoms with Crippen molar-refractivity contribution in [2.75, 3.05) is 0 Å². The summed E-state index contributed by atoms with van der Waals surface area (Å²) in [7, 11) is 0. The van der Waals surface area contributed by atoms with E-state index in [0.29, 0.717) is 0 Å². The molecule has 24 heavy (non-hydrogen) atoms. The lowest BCUT2D eigenvalue weighted by atomic mass is 10.0. The molecular weight excluding hydrogens is 300 g/mol. The molecule has 0 saturated carbocycles. The molecule has 3 aromatic carbocycles. The summed E-state index contributed by atoms with van der Waals surface area (Å²) in [5.41, 5.74) is 4.38. The third kappa shape index (κ3) is 3.70. The van der Waals surface area contributed by atoms with Crippen molar-refractivity contribution in [3.63, 3.8) is 0 Å². The van der Waals surface area contributed by atoms with E-state index >= 15 is 0 Å². The van der Waals surface area contributed by atoms with Crippen LogP contribution in [0.4, 0.5) is 0 Å². The fraction of sp³-hybridized carbons (Fsp3) is 0. The molecule has 3 aromatic rings. The molecule has 0 amide bonds. The van der Waals surface area contributed by atoms with Crippen molar-refractivity contribution in [1.82, 2.24) is 0 Å². The Bertz CT molecular complexity index is 858. The summed E-state index contributed by atoms with van der Waals surface area (Å²) in [6, 6.07) is 21.9. The van der Waals surface area contributed by atoms with Crippen molar-refractivity contribution >= 4 is 18.1 Å². The van der Waals surface area contributed by atoms with E-state index in [1.165, 1.54) is 0 Å². The largest absolute Gasteiger partial charge is 0.508 e. The molecule has 0 aliphatic rings. The Morgan fingerprint density at radius 3 is 1.54 bits per heavy atom. The quantitative estimate of drug-likeness (QED) is 0.671. The molecule has 2 N–H and O–H groups in total. The van der Waals surface area contributed by atoms with Gasteiger partial charge in [-0.3, -0.25) is 0 Å². The van der Waals surface area contributed by atoms with Gasteiger partial charge in [0.25, 0.3) is 0 Å². The van der Waals surface area contributed by atoms with Crippen LogP contribution in [0.5, 0.6) is 5.75 Å². The van der Waals surface area contributed by atoms with Crippen LogP contribution < -0.4 is 0 Å². The van der Waals surface area contributed by atoms with Crippen molar-refractivity contribution in [3.05, 3.63) is 89.5 Å². The molecule has 0 saturated heterocycles. The molecule has 0 atom stereocenters. The highest BCUT2D eigenvalue weighted by Gasteiger charge is 2.03. The van der Waals surface area contributed by atoms with E-state index in [4.69, 9.17) is 5.11 Å². The lowest BCUT2D eigenvalue weighted by Gasteiger charge is -2.03. The van der Waals surface area contributed by atoms with E-state index < -0.39 is 5.97 Å². The first-order valence-corrected chi connectivity index (χ1v) is 7.53. The molecule has 0 fully saturated rings. The molecule has 0 unspecified atom stereocenters. The highest BCUT2D eigenvalue weighted by molar-refractivity contribution is 5.88. The third-order valence-electron chi connectivity index (χ3n) is 3.74. The molecule has 0 aliphatic carbocycles. The average Bonchev–Trinajstić information content (AvgIpc) is 2.62. The molecule has 0 spiro atoms. The van der Waals surface area contributed by atoms with Gasteiger partial charge in [0, 0.05) is 0 Å². The van der Waals surface area contributed by atoms with E-state index in [1.807, 2.05) is 60.7 Å². The van der Waals surface area contributed by atoms with Crippen molar-refractivity contribution < 1.29 is 15.0 Å². The maximum absolute atomic E-state index is 10.9. The smallest absolute Gasteiger partial charge is 0.335 e. The number of hydrogen-bond donors (Lipinski definition) is 2. The average molecular weight is 316 g/mol. The molecule has 3 nitrogen and oxygen atoms in total. The standard InChI is InChI=1S/C21H16O3/c22-20-13-5-16(6-14-20)2-1-15-3-7-17(8-4-15)18-9-11-19(12-10-18)21(23)24/h1-14,22H,(H,23,24). The molecule has 0 aromatic heterocycles. The number of phenols is 1. The predicted molar refractivity (Wildman–Crippen MR) is 95.9 cm³/mol. The van der Waals surface area contributed by atoms with E-state index in [-0.39, 0.29) is 11.3 Å². The van der Waals surface area contributed by atoms with Gasteiger partial charge in [-0.2, -0.15) is 0 Å². The minimum Gasteiger partial charge on any atom is -0.508 e. The molecule has 0 radical (unpaired) electrons. The minimum absolute atomic E-state index is 0.255. The van der Waals surface area contributed by atoms with Crippen molar-refractivity contribution in [1.29, 1.82) is 0 Å². The fourth-order valence-corrected chi connectivity index (χ4v) is 2.37. The predicted octanol–water partition coefficient (Wildman–Crippen LogP) is 4.93. The number of hydrogen-bond acceptors (Lipinski definition) is 2. The Hall–Kier alpha value is -3.33. The number of carbonyl (C=O) groups is 1. The van der Waals surface area contributed by atoms with Gasteiger partial charge in [0.05, 0.1) is 5.56 Å². The number of aromatic carboxylic acids is 1. The van der Waals surface area contributed by atoms with Gasteiger partial charge in [-0.1, -0.05) is 60.7 Å². The molecular formula is C21H16O3. The zero-order valence-corrected chi connectivity index (χ0v) is 12.9. The van der Waals surface area contributed by atoms with Gasteiger partial charge in [0.2, 0.25) is 0 Å². The van der Waals surface area contributed by atoms with Gasteiger partial charge < -0.3 is 10.2 Å². The lowest BCUT2D eigenvalue weighted by Crippen LogP contribution is -1.94. The second-order valence-corrected chi connectivity index (χ2v) is 5.43. The summed E-state index contributed by atoms with van der Waals surface area (Å²) >= 11 is 0. The maximum Gasteiger partial charge on any atom is 0.335 e. The molecule has 3 rings (SSSR count). The number of phenolic OH excluding ortho intramolecular Hbond substituents is 1. The van der Waals surface area contributed by atoms with Gasteiger partial charge in [0.15, 0.2) is 0 Å². The summed E-state index contributed by atoms with van der Waals surface area (Å²) in [4.78, 5) is 10.9. The minimum atomic E-state index is -0.920. The van der Waals surface area contributed by atoms with Crippen LogP contribution in [0, 0.1) is 0 Å². The number of rotatable bonds is 4.